The summed E-state index contributed by atoms with van der Waals surface area (Å²) in [5.41, 5.74) is -0.0124. The van der Waals surface area contributed by atoms with Crippen LogP contribution < -0.4 is 0 Å². The van der Waals surface area contributed by atoms with Crippen molar-refractivity contribution >= 4 is 0 Å². The van der Waals surface area contributed by atoms with Crippen LogP contribution >= 0.6 is 0 Å². The lowest BCUT2D eigenvalue weighted by Gasteiger charge is -2.45. The van der Waals surface area contributed by atoms with Gasteiger partial charge in [-0.05, 0) is 31.1 Å². The van der Waals surface area contributed by atoms with Crippen LogP contribution in [0, 0.1) is 18.4 Å². The highest BCUT2D eigenvalue weighted by Crippen LogP contribution is 2.52. The molecule has 3 heteroatoms. The Labute approximate surface area is 110 Å². The van der Waals surface area contributed by atoms with Crippen molar-refractivity contribution < 1.29 is 9.47 Å². The lowest BCUT2D eigenvalue weighted by Crippen LogP contribution is -2.51. The Morgan fingerprint density at radius 2 is 2.11 bits per heavy atom. The maximum atomic E-state index is 6.91. The quantitative estimate of drug-likeness (QED) is 0.702. The Kier molecular flexibility index (Phi) is 3.11. The lowest BCUT2D eigenvalue weighted by atomic mass is 9.70. The average Bonchev–Trinajstić information content (AvgIpc) is 2.68. The Bertz CT molecular complexity index is 364. The molecule has 2 saturated heterocycles. The van der Waals surface area contributed by atoms with Gasteiger partial charge in [-0.25, -0.2) is 6.57 Å². The Balaban J connectivity index is 1.74. The van der Waals surface area contributed by atoms with Crippen LogP contribution in [0.1, 0.15) is 46.0 Å². The highest BCUT2D eigenvalue weighted by atomic mass is 16.6. The zero-order valence-corrected chi connectivity index (χ0v) is 11.4. The van der Waals surface area contributed by atoms with Gasteiger partial charge in [-0.2, -0.15) is 0 Å². The van der Waals surface area contributed by atoms with Gasteiger partial charge in [0.05, 0.1) is 23.9 Å². The first kappa shape index (κ1) is 12.4. The van der Waals surface area contributed by atoms with E-state index >= 15 is 0 Å². The van der Waals surface area contributed by atoms with Gasteiger partial charge in [0, 0.05) is 12.8 Å². The molecule has 0 N–H and O–H groups in total. The van der Waals surface area contributed by atoms with Gasteiger partial charge in [-0.15, -0.1) is 0 Å². The minimum Gasteiger partial charge on any atom is -0.372 e. The first-order valence-corrected chi connectivity index (χ1v) is 7.31. The molecule has 0 radical (unpaired) electrons. The summed E-state index contributed by atoms with van der Waals surface area (Å²) in [4.78, 5) is 3.46. The van der Waals surface area contributed by atoms with Gasteiger partial charge >= 0.3 is 0 Å². The van der Waals surface area contributed by atoms with Gasteiger partial charge in [0.15, 0.2) is 0 Å². The third kappa shape index (κ3) is 1.87. The molecule has 100 valence electrons. The van der Waals surface area contributed by atoms with E-state index in [1.807, 2.05) is 0 Å². The van der Waals surface area contributed by atoms with E-state index < -0.39 is 0 Å². The van der Waals surface area contributed by atoms with Crippen LogP contribution in [0.15, 0.2) is 0 Å². The van der Waals surface area contributed by atoms with Gasteiger partial charge in [-0.3, -0.25) is 0 Å². The molecule has 0 aromatic heterocycles. The molecule has 1 spiro atoms. The summed E-state index contributed by atoms with van der Waals surface area (Å²) in [6.07, 6.45) is 6.32. The predicted molar refractivity (Wildman–Crippen MR) is 69.1 cm³/mol. The van der Waals surface area contributed by atoms with Crippen LogP contribution in [0.4, 0.5) is 0 Å². The standard InChI is InChI=1S/C15H23NO2/c1-10-8-15-9-13(11(10)2)17-14(15)5-4-12(18-15)6-7-16-3/h10-14H,4-9H2,1-2H3/t10-,11?,12-,13+,14+,15+/m1/s1. The molecule has 18 heavy (non-hydrogen) atoms. The fourth-order valence-electron chi connectivity index (χ4n) is 4.12. The normalized spacial score (nSPS) is 50.6. The summed E-state index contributed by atoms with van der Waals surface area (Å²) in [6.45, 7) is 12.2. The molecule has 1 saturated carbocycles. The zero-order chi connectivity index (χ0) is 12.8. The van der Waals surface area contributed by atoms with Crippen LogP contribution in [0.5, 0.6) is 0 Å². The molecule has 2 aliphatic heterocycles. The maximum Gasteiger partial charge on any atom is 0.217 e. The summed E-state index contributed by atoms with van der Waals surface area (Å²) in [5, 5.41) is 0. The molecule has 1 aliphatic carbocycles. The van der Waals surface area contributed by atoms with Gasteiger partial charge in [-0.1, -0.05) is 13.8 Å². The summed E-state index contributed by atoms with van der Waals surface area (Å²) in [5.74, 6) is 1.35. The second kappa shape index (κ2) is 4.51. The van der Waals surface area contributed by atoms with Gasteiger partial charge in [0.25, 0.3) is 0 Å². The largest absolute Gasteiger partial charge is 0.372 e. The van der Waals surface area contributed by atoms with Gasteiger partial charge < -0.3 is 14.3 Å². The Hall–Kier alpha value is -0.590. The van der Waals surface area contributed by atoms with Crippen molar-refractivity contribution in [3.05, 3.63) is 11.4 Å². The maximum absolute atomic E-state index is 6.91. The second-order valence-electron chi connectivity index (χ2n) is 6.46. The molecule has 0 aromatic carbocycles. The van der Waals surface area contributed by atoms with Crippen molar-refractivity contribution in [2.45, 2.75) is 69.9 Å². The molecule has 6 atom stereocenters. The van der Waals surface area contributed by atoms with Crippen molar-refractivity contribution in [3.63, 3.8) is 0 Å². The van der Waals surface area contributed by atoms with E-state index in [2.05, 4.69) is 18.7 Å². The molecule has 1 unspecified atom stereocenters. The third-order valence-electron chi connectivity index (χ3n) is 5.34. The Morgan fingerprint density at radius 3 is 2.89 bits per heavy atom. The number of hydrogen-bond acceptors (Lipinski definition) is 2. The van der Waals surface area contributed by atoms with Crippen LogP contribution in [-0.4, -0.2) is 30.5 Å². The van der Waals surface area contributed by atoms with E-state index in [0.29, 0.717) is 36.7 Å². The summed E-state index contributed by atoms with van der Waals surface area (Å²) < 4.78 is 12.7. The minimum atomic E-state index is -0.0124. The van der Waals surface area contributed by atoms with Crippen molar-refractivity contribution in [2.24, 2.45) is 11.8 Å². The smallest absolute Gasteiger partial charge is 0.217 e. The van der Waals surface area contributed by atoms with Crippen molar-refractivity contribution in [3.8, 4) is 0 Å². The van der Waals surface area contributed by atoms with Crippen LogP contribution in [0.25, 0.3) is 4.85 Å². The number of nitrogens with zero attached hydrogens (tertiary/aromatic N) is 1. The number of fused-ring (bicyclic) bond motifs is 1. The van der Waals surface area contributed by atoms with E-state index in [0.717, 1.165) is 32.1 Å². The average molecular weight is 249 g/mol. The van der Waals surface area contributed by atoms with E-state index in [-0.39, 0.29) is 5.60 Å². The van der Waals surface area contributed by atoms with Crippen LogP contribution in [-0.2, 0) is 9.47 Å². The van der Waals surface area contributed by atoms with Crippen molar-refractivity contribution in [1.82, 2.24) is 0 Å². The molecule has 0 aromatic rings. The summed E-state index contributed by atoms with van der Waals surface area (Å²) >= 11 is 0. The predicted octanol–water partition coefficient (Wildman–Crippen LogP) is 3.05. The summed E-state index contributed by atoms with van der Waals surface area (Å²) in [6, 6.07) is 0. The molecular weight excluding hydrogens is 226 g/mol. The molecule has 0 amide bonds. The first-order chi connectivity index (χ1) is 8.64. The van der Waals surface area contributed by atoms with Gasteiger partial charge in [0.1, 0.15) is 0 Å². The van der Waals surface area contributed by atoms with E-state index in [9.17, 15) is 0 Å². The zero-order valence-electron chi connectivity index (χ0n) is 11.4. The number of ether oxygens (including phenoxy) is 2. The monoisotopic (exact) mass is 249 g/mol. The molecule has 3 nitrogen and oxygen atoms in total. The van der Waals surface area contributed by atoms with Crippen LogP contribution in [0.3, 0.4) is 0 Å². The molecular formula is C15H23NO2. The van der Waals surface area contributed by atoms with Crippen molar-refractivity contribution in [2.75, 3.05) is 6.54 Å². The Morgan fingerprint density at radius 1 is 1.28 bits per heavy atom. The first-order valence-electron chi connectivity index (χ1n) is 7.31. The third-order valence-corrected chi connectivity index (χ3v) is 5.34. The van der Waals surface area contributed by atoms with E-state index in [1.54, 1.807) is 0 Å². The van der Waals surface area contributed by atoms with Gasteiger partial charge in [0.2, 0.25) is 6.54 Å². The van der Waals surface area contributed by atoms with E-state index in [4.69, 9.17) is 16.0 Å². The minimum absolute atomic E-state index is 0.0124. The molecule has 3 aliphatic rings. The fourth-order valence-corrected chi connectivity index (χ4v) is 4.12. The highest BCUT2D eigenvalue weighted by molar-refractivity contribution is 5.07. The molecule has 3 fully saturated rings. The number of hydrogen-bond donors (Lipinski definition) is 0. The number of rotatable bonds is 2. The SMILES string of the molecule is [C-]#[N+]CC[C@H]1CC[C@@H]2O[C@H]3C[C@]2(C[C@@H](C)C3C)O1. The molecule has 2 bridgehead atoms. The second-order valence-corrected chi connectivity index (χ2v) is 6.46. The fraction of sp³-hybridized carbons (Fsp3) is 0.933. The lowest BCUT2D eigenvalue weighted by molar-refractivity contribution is -0.169. The van der Waals surface area contributed by atoms with Crippen molar-refractivity contribution in [1.29, 1.82) is 0 Å². The van der Waals surface area contributed by atoms with Crippen LogP contribution in [0.2, 0.25) is 0 Å². The van der Waals surface area contributed by atoms with E-state index in [1.165, 1.54) is 0 Å². The molecule has 3 rings (SSSR count). The molecule has 2 heterocycles. The summed E-state index contributed by atoms with van der Waals surface area (Å²) in [7, 11) is 0. The topological polar surface area (TPSA) is 22.8 Å². The highest BCUT2D eigenvalue weighted by Gasteiger charge is 2.58.